The lowest BCUT2D eigenvalue weighted by atomic mass is 10.0. The van der Waals surface area contributed by atoms with Crippen molar-refractivity contribution in [2.24, 2.45) is 0 Å². The van der Waals surface area contributed by atoms with E-state index >= 15 is 0 Å². The Hall–Kier alpha value is -3.08. The number of halogens is 1. The van der Waals surface area contributed by atoms with Crippen LogP contribution in [-0.4, -0.2) is 4.57 Å². The van der Waals surface area contributed by atoms with Crippen molar-refractivity contribution in [2.45, 2.75) is 13.8 Å². The van der Waals surface area contributed by atoms with E-state index in [9.17, 15) is 5.26 Å². The molecule has 3 aromatic rings. The number of benzene rings is 2. The summed E-state index contributed by atoms with van der Waals surface area (Å²) in [5.74, 6) is 0. The lowest BCUT2D eigenvalue weighted by molar-refractivity contribution is 0.963. The average molecular weight is 402 g/mol. The van der Waals surface area contributed by atoms with E-state index < -0.39 is 0 Å². The first-order chi connectivity index (χ1) is 12.5. The Labute approximate surface area is 161 Å². The van der Waals surface area contributed by atoms with Crippen LogP contribution >= 0.6 is 15.9 Å². The summed E-state index contributed by atoms with van der Waals surface area (Å²) < 4.78 is 3.18. The van der Waals surface area contributed by atoms with Crippen molar-refractivity contribution >= 4 is 27.6 Å². The topological polar surface area (TPSA) is 52.5 Å². The zero-order chi connectivity index (χ0) is 18.7. The smallest absolute Gasteiger partial charge is 0.0998 e. The van der Waals surface area contributed by atoms with Crippen LogP contribution in [0, 0.1) is 36.5 Å². The lowest BCUT2D eigenvalue weighted by Gasteiger charge is -2.10. The van der Waals surface area contributed by atoms with E-state index in [0.717, 1.165) is 32.7 Å². The predicted octanol–water partition coefficient (Wildman–Crippen LogP) is 5.79. The standard InChI is InChI=1S/C22H16BrN3/c1-15-9-19(16(2)26(15)22-8-4-7-21(23)12-22)11-20(14-25)18-6-3-5-17(10-18)13-24/h3-12H,1-2H3/b20-11-. The first kappa shape index (κ1) is 17.7. The highest BCUT2D eigenvalue weighted by Crippen LogP contribution is 2.26. The van der Waals surface area contributed by atoms with Crippen molar-refractivity contribution in [3.63, 3.8) is 0 Å². The molecule has 4 heteroatoms. The van der Waals surface area contributed by atoms with E-state index in [0.29, 0.717) is 11.1 Å². The number of hydrogen-bond donors (Lipinski definition) is 0. The minimum absolute atomic E-state index is 0.539. The Kier molecular flexibility index (Phi) is 5.07. The number of allylic oxidation sites excluding steroid dienone is 1. The van der Waals surface area contributed by atoms with Crippen LogP contribution in [0.15, 0.2) is 59.1 Å². The zero-order valence-electron chi connectivity index (χ0n) is 14.5. The second-order valence-corrected chi connectivity index (χ2v) is 6.92. The van der Waals surface area contributed by atoms with Crippen LogP contribution in [0.3, 0.4) is 0 Å². The molecule has 0 saturated carbocycles. The Morgan fingerprint density at radius 1 is 1.04 bits per heavy atom. The van der Waals surface area contributed by atoms with Crippen LogP contribution in [-0.2, 0) is 0 Å². The van der Waals surface area contributed by atoms with Gasteiger partial charge in [-0.2, -0.15) is 10.5 Å². The van der Waals surface area contributed by atoms with Crippen molar-refractivity contribution in [2.75, 3.05) is 0 Å². The van der Waals surface area contributed by atoms with Gasteiger partial charge in [-0.3, -0.25) is 0 Å². The largest absolute Gasteiger partial charge is 0.318 e. The number of nitriles is 2. The third kappa shape index (κ3) is 3.47. The molecule has 0 amide bonds. The number of hydrogen-bond acceptors (Lipinski definition) is 2. The van der Waals surface area contributed by atoms with E-state index in [4.69, 9.17) is 5.26 Å². The van der Waals surface area contributed by atoms with E-state index in [1.54, 1.807) is 18.2 Å². The highest BCUT2D eigenvalue weighted by Gasteiger charge is 2.11. The normalized spacial score (nSPS) is 11.0. The Morgan fingerprint density at radius 3 is 2.50 bits per heavy atom. The van der Waals surface area contributed by atoms with Gasteiger partial charge in [0.05, 0.1) is 23.3 Å². The molecular formula is C22H16BrN3. The maximum Gasteiger partial charge on any atom is 0.0998 e. The average Bonchev–Trinajstić information content (AvgIpc) is 2.93. The molecule has 0 aliphatic heterocycles. The molecule has 0 unspecified atom stereocenters. The SMILES string of the molecule is Cc1cc(/C=C(/C#N)c2cccc(C#N)c2)c(C)n1-c1cccc(Br)c1. The highest BCUT2D eigenvalue weighted by atomic mass is 79.9. The quantitative estimate of drug-likeness (QED) is 0.521. The lowest BCUT2D eigenvalue weighted by Crippen LogP contribution is -1.98. The molecule has 0 fully saturated rings. The first-order valence-electron chi connectivity index (χ1n) is 8.10. The first-order valence-corrected chi connectivity index (χ1v) is 8.90. The summed E-state index contributed by atoms with van der Waals surface area (Å²) in [5.41, 5.74) is 6.04. The van der Waals surface area contributed by atoms with Gasteiger partial charge < -0.3 is 4.57 Å². The minimum Gasteiger partial charge on any atom is -0.318 e. The van der Waals surface area contributed by atoms with Crippen molar-refractivity contribution in [3.05, 3.63) is 87.1 Å². The van der Waals surface area contributed by atoms with E-state index in [1.165, 1.54) is 0 Å². The third-order valence-corrected chi connectivity index (χ3v) is 4.75. The summed E-state index contributed by atoms with van der Waals surface area (Å²) in [6, 6.07) is 21.7. The molecule has 1 heterocycles. The number of rotatable bonds is 3. The van der Waals surface area contributed by atoms with Gasteiger partial charge in [0.25, 0.3) is 0 Å². The Balaban J connectivity index is 2.10. The van der Waals surface area contributed by atoms with E-state index in [2.05, 4.69) is 50.8 Å². The van der Waals surface area contributed by atoms with Gasteiger partial charge in [0.1, 0.15) is 0 Å². The van der Waals surface area contributed by atoms with Crippen LogP contribution < -0.4 is 0 Å². The molecule has 26 heavy (non-hydrogen) atoms. The second kappa shape index (κ2) is 7.44. The molecule has 0 aliphatic carbocycles. The molecule has 3 rings (SSSR count). The molecule has 0 radical (unpaired) electrons. The van der Waals surface area contributed by atoms with Gasteiger partial charge in [0.15, 0.2) is 0 Å². The van der Waals surface area contributed by atoms with Crippen molar-refractivity contribution < 1.29 is 0 Å². The van der Waals surface area contributed by atoms with Gasteiger partial charge in [0.2, 0.25) is 0 Å². The van der Waals surface area contributed by atoms with E-state index in [-0.39, 0.29) is 0 Å². The highest BCUT2D eigenvalue weighted by molar-refractivity contribution is 9.10. The molecule has 0 N–H and O–H groups in total. The number of nitrogens with zero attached hydrogens (tertiary/aromatic N) is 3. The maximum atomic E-state index is 9.61. The predicted molar refractivity (Wildman–Crippen MR) is 108 cm³/mol. The van der Waals surface area contributed by atoms with Gasteiger partial charge in [-0.15, -0.1) is 0 Å². The number of aromatic nitrogens is 1. The Morgan fingerprint density at radius 2 is 1.81 bits per heavy atom. The minimum atomic E-state index is 0.539. The van der Waals surface area contributed by atoms with Crippen LogP contribution in [0.4, 0.5) is 0 Å². The van der Waals surface area contributed by atoms with Crippen LogP contribution in [0.2, 0.25) is 0 Å². The van der Waals surface area contributed by atoms with Crippen molar-refractivity contribution in [1.29, 1.82) is 10.5 Å². The van der Waals surface area contributed by atoms with Crippen LogP contribution in [0.5, 0.6) is 0 Å². The summed E-state index contributed by atoms with van der Waals surface area (Å²) in [6.45, 7) is 4.09. The van der Waals surface area contributed by atoms with Gasteiger partial charge in [-0.1, -0.05) is 34.1 Å². The fourth-order valence-electron chi connectivity index (χ4n) is 3.04. The molecule has 0 aliphatic rings. The summed E-state index contributed by atoms with van der Waals surface area (Å²) in [7, 11) is 0. The Bertz CT molecular complexity index is 1090. The fourth-order valence-corrected chi connectivity index (χ4v) is 3.43. The maximum absolute atomic E-state index is 9.61. The van der Waals surface area contributed by atoms with Crippen LogP contribution in [0.1, 0.15) is 28.1 Å². The monoisotopic (exact) mass is 401 g/mol. The van der Waals surface area contributed by atoms with E-state index in [1.807, 2.05) is 38.1 Å². The molecule has 126 valence electrons. The molecule has 0 spiro atoms. The molecule has 0 saturated heterocycles. The van der Waals surface area contributed by atoms with Crippen molar-refractivity contribution in [3.8, 4) is 17.8 Å². The summed E-state index contributed by atoms with van der Waals surface area (Å²) in [6.07, 6.45) is 1.88. The summed E-state index contributed by atoms with van der Waals surface area (Å²) >= 11 is 3.52. The third-order valence-electron chi connectivity index (χ3n) is 4.26. The summed E-state index contributed by atoms with van der Waals surface area (Å²) in [4.78, 5) is 0. The summed E-state index contributed by atoms with van der Waals surface area (Å²) in [5, 5.41) is 18.7. The van der Waals surface area contributed by atoms with Gasteiger partial charge in [-0.25, -0.2) is 0 Å². The molecule has 0 atom stereocenters. The van der Waals surface area contributed by atoms with Crippen molar-refractivity contribution in [1.82, 2.24) is 4.57 Å². The molecule has 3 nitrogen and oxygen atoms in total. The molecule has 1 aromatic heterocycles. The van der Waals surface area contributed by atoms with Crippen LogP contribution in [0.25, 0.3) is 17.3 Å². The fraction of sp³-hybridized carbons (Fsp3) is 0.0909. The number of aryl methyl sites for hydroxylation is 1. The van der Waals surface area contributed by atoms with Gasteiger partial charge in [-0.05, 0) is 67.4 Å². The van der Waals surface area contributed by atoms with Gasteiger partial charge >= 0.3 is 0 Å². The molecular weight excluding hydrogens is 386 g/mol. The molecule has 2 aromatic carbocycles. The second-order valence-electron chi connectivity index (χ2n) is 6.00. The van der Waals surface area contributed by atoms with Gasteiger partial charge in [0, 0.05) is 21.5 Å². The molecule has 0 bridgehead atoms. The zero-order valence-corrected chi connectivity index (χ0v) is 16.1.